The molecule has 1 amide bonds. The standard InChI is InChI=1S/C29H28N2O5/c1-3-13-35-23-6-4-5-20(16-23)26-25(27(32)21-7-8-24-22(15-21)14-18(2)36-24)28(33)29(34)31(26)17-19-9-11-30-12-10-19/h4-12,15-16,18,26,32H,3,13-14,17H2,1-2H3/b27-25+/t18-,26+/m0/s1. The Balaban J connectivity index is 1.61. The molecule has 2 aliphatic rings. The molecule has 0 bridgehead atoms. The van der Waals surface area contributed by atoms with Crippen molar-refractivity contribution >= 4 is 17.4 Å². The van der Waals surface area contributed by atoms with Crippen LogP contribution in [0.4, 0.5) is 0 Å². The van der Waals surface area contributed by atoms with Crippen LogP contribution in [0.3, 0.4) is 0 Å². The van der Waals surface area contributed by atoms with Gasteiger partial charge in [-0.2, -0.15) is 0 Å². The monoisotopic (exact) mass is 484 g/mol. The Kier molecular flexibility index (Phi) is 6.46. The van der Waals surface area contributed by atoms with Gasteiger partial charge in [-0.3, -0.25) is 14.6 Å². The maximum atomic E-state index is 13.4. The lowest BCUT2D eigenvalue weighted by atomic mass is 9.94. The first kappa shape index (κ1) is 23.6. The molecule has 1 saturated heterocycles. The number of aliphatic hydroxyl groups is 1. The number of amides is 1. The van der Waals surface area contributed by atoms with Gasteiger partial charge in [0.25, 0.3) is 11.7 Å². The lowest BCUT2D eigenvalue weighted by Gasteiger charge is -2.26. The summed E-state index contributed by atoms with van der Waals surface area (Å²) in [4.78, 5) is 32.2. The molecule has 0 radical (unpaired) electrons. The van der Waals surface area contributed by atoms with Crippen molar-refractivity contribution in [1.82, 2.24) is 9.88 Å². The number of carbonyl (C=O) groups excluding carboxylic acids is 2. The molecule has 3 aromatic rings. The molecule has 5 rings (SSSR count). The van der Waals surface area contributed by atoms with Gasteiger partial charge in [-0.25, -0.2) is 0 Å². The molecule has 0 spiro atoms. The smallest absolute Gasteiger partial charge is 0.295 e. The molecule has 36 heavy (non-hydrogen) atoms. The van der Waals surface area contributed by atoms with Crippen LogP contribution < -0.4 is 9.47 Å². The molecule has 2 aromatic carbocycles. The van der Waals surface area contributed by atoms with Crippen molar-refractivity contribution in [3.8, 4) is 11.5 Å². The van der Waals surface area contributed by atoms with Crippen LogP contribution in [0, 0.1) is 0 Å². The van der Waals surface area contributed by atoms with Gasteiger partial charge in [0, 0.05) is 30.9 Å². The Morgan fingerprint density at radius 1 is 1.14 bits per heavy atom. The van der Waals surface area contributed by atoms with Crippen LogP contribution in [0.2, 0.25) is 0 Å². The maximum absolute atomic E-state index is 13.4. The van der Waals surface area contributed by atoms with Crippen molar-refractivity contribution in [2.45, 2.75) is 45.4 Å². The summed E-state index contributed by atoms with van der Waals surface area (Å²) in [5, 5.41) is 11.4. The fraction of sp³-hybridized carbons (Fsp3) is 0.276. The second-order valence-electron chi connectivity index (χ2n) is 9.16. The average Bonchev–Trinajstić information content (AvgIpc) is 3.39. The summed E-state index contributed by atoms with van der Waals surface area (Å²) >= 11 is 0. The number of hydrogen-bond donors (Lipinski definition) is 1. The van der Waals surface area contributed by atoms with Gasteiger partial charge in [-0.1, -0.05) is 19.1 Å². The number of rotatable bonds is 7. The van der Waals surface area contributed by atoms with E-state index in [1.807, 2.05) is 44.2 Å². The van der Waals surface area contributed by atoms with Crippen molar-refractivity contribution in [2.75, 3.05) is 6.61 Å². The number of likely N-dealkylation sites (tertiary alicyclic amines) is 1. The highest BCUT2D eigenvalue weighted by Gasteiger charge is 2.46. The van der Waals surface area contributed by atoms with E-state index in [9.17, 15) is 14.7 Å². The maximum Gasteiger partial charge on any atom is 0.295 e. The van der Waals surface area contributed by atoms with E-state index >= 15 is 0 Å². The van der Waals surface area contributed by atoms with Crippen LogP contribution in [0.5, 0.6) is 11.5 Å². The Hall–Kier alpha value is -4.13. The number of Topliss-reactive ketones (excluding diaryl/α,β-unsaturated/α-hetero) is 1. The van der Waals surface area contributed by atoms with Crippen molar-refractivity contribution in [2.24, 2.45) is 0 Å². The minimum atomic E-state index is -0.772. The zero-order valence-corrected chi connectivity index (χ0v) is 20.3. The first-order valence-electron chi connectivity index (χ1n) is 12.2. The number of ether oxygens (including phenoxy) is 2. The van der Waals surface area contributed by atoms with Crippen LogP contribution in [0.25, 0.3) is 5.76 Å². The summed E-state index contributed by atoms with van der Waals surface area (Å²) in [5.74, 6) is -0.146. The van der Waals surface area contributed by atoms with Crippen LogP contribution in [0.15, 0.2) is 72.6 Å². The lowest BCUT2D eigenvalue weighted by Crippen LogP contribution is -2.29. The number of pyridine rings is 1. The third kappa shape index (κ3) is 4.44. The molecule has 1 aromatic heterocycles. The predicted molar refractivity (Wildman–Crippen MR) is 135 cm³/mol. The molecule has 0 aliphatic carbocycles. The average molecular weight is 485 g/mol. The number of fused-ring (bicyclic) bond motifs is 1. The molecule has 3 heterocycles. The third-order valence-electron chi connectivity index (χ3n) is 6.46. The molecule has 7 nitrogen and oxygen atoms in total. The Labute approximate surface area is 210 Å². The summed E-state index contributed by atoms with van der Waals surface area (Å²) in [6, 6.07) is 15.6. The molecule has 0 saturated carbocycles. The topological polar surface area (TPSA) is 89.0 Å². The fourth-order valence-corrected chi connectivity index (χ4v) is 4.79. The van der Waals surface area contributed by atoms with E-state index in [0.717, 1.165) is 23.3 Å². The van der Waals surface area contributed by atoms with Crippen LogP contribution in [-0.4, -0.2) is 39.4 Å². The van der Waals surface area contributed by atoms with Gasteiger partial charge in [-0.05, 0) is 72.5 Å². The van der Waals surface area contributed by atoms with Gasteiger partial charge in [0.1, 0.15) is 23.4 Å². The van der Waals surface area contributed by atoms with Crippen molar-refractivity contribution < 1.29 is 24.2 Å². The fourth-order valence-electron chi connectivity index (χ4n) is 4.79. The molecule has 2 atom stereocenters. The Morgan fingerprint density at radius 2 is 1.94 bits per heavy atom. The Bertz CT molecular complexity index is 1330. The highest BCUT2D eigenvalue weighted by Crippen LogP contribution is 2.42. The largest absolute Gasteiger partial charge is 0.507 e. The van der Waals surface area contributed by atoms with E-state index in [1.165, 1.54) is 4.90 Å². The van der Waals surface area contributed by atoms with Gasteiger partial charge in [-0.15, -0.1) is 0 Å². The molecule has 1 N–H and O–H groups in total. The van der Waals surface area contributed by atoms with Crippen molar-refractivity contribution in [1.29, 1.82) is 0 Å². The Morgan fingerprint density at radius 3 is 2.72 bits per heavy atom. The summed E-state index contributed by atoms with van der Waals surface area (Å²) in [7, 11) is 0. The van der Waals surface area contributed by atoms with E-state index in [4.69, 9.17) is 9.47 Å². The van der Waals surface area contributed by atoms with Gasteiger partial charge < -0.3 is 19.5 Å². The highest BCUT2D eigenvalue weighted by atomic mass is 16.5. The molecule has 0 unspecified atom stereocenters. The molecule has 1 fully saturated rings. The van der Waals surface area contributed by atoms with Gasteiger partial charge in [0.15, 0.2) is 0 Å². The van der Waals surface area contributed by atoms with Crippen LogP contribution in [0.1, 0.15) is 48.6 Å². The summed E-state index contributed by atoms with van der Waals surface area (Å²) < 4.78 is 11.6. The quantitative estimate of drug-likeness (QED) is 0.294. The first-order chi connectivity index (χ1) is 17.5. The molecule has 7 heteroatoms. The number of ketones is 1. The van der Waals surface area contributed by atoms with E-state index < -0.39 is 17.7 Å². The summed E-state index contributed by atoms with van der Waals surface area (Å²) in [6.07, 6.45) is 4.91. The van der Waals surface area contributed by atoms with E-state index in [2.05, 4.69) is 4.98 Å². The molecule has 2 aliphatic heterocycles. The molecule has 184 valence electrons. The third-order valence-corrected chi connectivity index (χ3v) is 6.46. The van der Waals surface area contributed by atoms with Gasteiger partial charge in [0.2, 0.25) is 0 Å². The minimum Gasteiger partial charge on any atom is -0.507 e. The van der Waals surface area contributed by atoms with E-state index in [1.54, 1.807) is 36.7 Å². The summed E-state index contributed by atoms with van der Waals surface area (Å²) in [6.45, 7) is 4.76. The number of aliphatic hydroxyl groups excluding tert-OH is 1. The van der Waals surface area contributed by atoms with E-state index in [0.29, 0.717) is 29.9 Å². The second-order valence-corrected chi connectivity index (χ2v) is 9.16. The normalized spacial score (nSPS) is 20.3. The SMILES string of the molecule is CCCOc1cccc([C@@H]2/C(=C(\O)c3ccc4c(c3)C[C@H](C)O4)C(=O)C(=O)N2Cc2ccncc2)c1. The summed E-state index contributed by atoms with van der Waals surface area (Å²) in [5.41, 5.74) is 3.03. The van der Waals surface area contributed by atoms with Crippen molar-refractivity contribution in [3.63, 3.8) is 0 Å². The molecular formula is C29H28N2O5. The number of aromatic nitrogens is 1. The number of nitrogens with zero attached hydrogens (tertiary/aromatic N) is 2. The lowest BCUT2D eigenvalue weighted by molar-refractivity contribution is -0.140. The van der Waals surface area contributed by atoms with E-state index in [-0.39, 0.29) is 24.0 Å². The number of carbonyl (C=O) groups is 2. The second kappa shape index (κ2) is 9.85. The van der Waals surface area contributed by atoms with Gasteiger partial charge >= 0.3 is 0 Å². The zero-order chi connectivity index (χ0) is 25.2. The number of hydrogen-bond acceptors (Lipinski definition) is 6. The number of benzene rings is 2. The van der Waals surface area contributed by atoms with Crippen LogP contribution >= 0.6 is 0 Å². The van der Waals surface area contributed by atoms with Gasteiger partial charge in [0.05, 0.1) is 18.2 Å². The predicted octanol–water partition coefficient (Wildman–Crippen LogP) is 4.82. The van der Waals surface area contributed by atoms with Crippen LogP contribution in [-0.2, 0) is 22.6 Å². The highest BCUT2D eigenvalue weighted by molar-refractivity contribution is 6.46. The molecular weight excluding hydrogens is 456 g/mol. The zero-order valence-electron chi connectivity index (χ0n) is 20.3. The first-order valence-corrected chi connectivity index (χ1v) is 12.2. The minimum absolute atomic E-state index is 0.0502. The van der Waals surface area contributed by atoms with Crippen molar-refractivity contribution in [3.05, 3.63) is 94.8 Å².